The van der Waals surface area contributed by atoms with Crippen LogP contribution in [0, 0.1) is 0 Å². The molecule has 120 valence electrons. The van der Waals surface area contributed by atoms with Crippen molar-refractivity contribution in [2.75, 3.05) is 26.3 Å². The number of ether oxygens (including phenoxy) is 1. The molecule has 0 aliphatic heterocycles. The molecule has 0 aliphatic rings. The number of H-pyrrole nitrogens is 1. The SMILES string of the molecule is CCNC(=NCc1cc2ccccc2[nH]1)NCCCOCC. The fourth-order valence-corrected chi connectivity index (χ4v) is 2.25. The van der Waals surface area contributed by atoms with Gasteiger partial charge < -0.3 is 20.4 Å². The Kier molecular flexibility index (Phi) is 6.77. The summed E-state index contributed by atoms with van der Waals surface area (Å²) in [5.74, 6) is 0.845. The number of guanidine groups is 1. The Labute approximate surface area is 132 Å². The molecule has 0 fully saturated rings. The minimum absolute atomic E-state index is 0.634. The summed E-state index contributed by atoms with van der Waals surface area (Å²) in [5.41, 5.74) is 2.27. The first kappa shape index (κ1) is 16.4. The van der Waals surface area contributed by atoms with Gasteiger partial charge in [-0.1, -0.05) is 18.2 Å². The highest BCUT2D eigenvalue weighted by molar-refractivity contribution is 5.81. The molecule has 2 rings (SSSR count). The molecule has 0 aliphatic carbocycles. The van der Waals surface area contributed by atoms with Gasteiger partial charge in [-0.25, -0.2) is 4.99 Å². The maximum absolute atomic E-state index is 5.33. The van der Waals surface area contributed by atoms with E-state index in [0.717, 1.165) is 49.9 Å². The van der Waals surface area contributed by atoms with Gasteiger partial charge in [-0.3, -0.25) is 0 Å². The first-order valence-electron chi connectivity index (χ1n) is 8.00. The third-order valence-electron chi connectivity index (χ3n) is 3.30. The van der Waals surface area contributed by atoms with Gasteiger partial charge in [0.2, 0.25) is 0 Å². The van der Waals surface area contributed by atoms with Crippen LogP contribution in [0.4, 0.5) is 0 Å². The van der Waals surface area contributed by atoms with Gasteiger partial charge in [0.15, 0.2) is 5.96 Å². The van der Waals surface area contributed by atoms with Crippen LogP contribution in [0.25, 0.3) is 10.9 Å². The molecule has 0 radical (unpaired) electrons. The fraction of sp³-hybridized carbons (Fsp3) is 0.471. The summed E-state index contributed by atoms with van der Waals surface area (Å²) in [6, 6.07) is 10.4. The number of fused-ring (bicyclic) bond motifs is 1. The van der Waals surface area contributed by atoms with Crippen LogP contribution < -0.4 is 10.6 Å². The molecule has 0 spiro atoms. The number of aromatic amines is 1. The molecule has 1 aromatic heterocycles. The third-order valence-corrected chi connectivity index (χ3v) is 3.30. The Balaban J connectivity index is 1.88. The second kappa shape index (κ2) is 9.10. The topological polar surface area (TPSA) is 61.4 Å². The molecule has 5 nitrogen and oxygen atoms in total. The first-order valence-corrected chi connectivity index (χ1v) is 8.00. The van der Waals surface area contributed by atoms with E-state index in [1.807, 2.05) is 19.1 Å². The number of nitrogens with one attached hydrogen (secondary N) is 3. The monoisotopic (exact) mass is 302 g/mol. The molecule has 3 N–H and O–H groups in total. The van der Waals surface area contributed by atoms with Gasteiger partial charge in [-0.15, -0.1) is 0 Å². The van der Waals surface area contributed by atoms with E-state index in [2.05, 4.69) is 45.7 Å². The zero-order valence-corrected chi connectivity index (χ0v) is 13.5. The zero-order valence-electron chi connectivity index (χ0n) is 13.5. The highest BCUT2D eigenvalue weighted by Gasteiger charge is 2.01. The average molecular weight is 302 g/mol. The lowest BCUT2D eigenvalue weighted by Gasteiger charge is -2.10. The van der Waals surface area contributed by atoms with Crippen molar-refractivity contribution in [3.63, 3.8) is 0 Å². The van der Waals surface area contributed by atoms with Crippen LogP contribution in [-0.2, 0) is 11.3 Å². The molecule has 2 aromatic rings. The van der Waals surface area contributed by atoms with E-state index in [1.54, 1.807) is 0 Å². The van der Waals surface area contributed by atoms with Crippen molar-refractivity contribution >= 4 is 16.9 Å². The summed E-state index contributed by atoms with van der Waals surface area (Å²) < 4.78 is 5.33. The number of hydrogen-bond acceptors (Lipinski definition) is 2. The van der Waals surface area contributed by atoms with Crippen LogP contribution >= 0.6 is 0 Å². The summed E-state index contributed by atoms with van der Waals surface area (Å²) >= 11 is 0. The number of hydrogen-bond donors (Lipinski definition) is 3. The standard InChI is InChI=1S/C17H26N4O/c1-3-18-17(19-10-7-11-22-4-2)20-13-15-12-14-8-5-6-9-16(14)21-15/h5-6,8-9,12,21H,3-4,7,10-11,13H2,1-2H3,(H2,18,19,20). The molecular weight excluding hydrogens is 276 g/mol. The summed E-state index contributed by atoms with van der Waals surface area (Å²) in [6.45, 7) is 7.98. The third kappa shape index (κ3) is 5.07. The second-order valence-corrected chi connectivity index (χ2v) is 5.05. The molecule has 0 saturated carbocycles. The minimum atomic E-state index is 0.634. The predicted molar refractivity (Wildman–Crippen MR) is 92.2 cm³/mol. The van der Waals surface area contributed by atoms with Crippen molar-refractivity contribution in [1.29, 1.82) is 0 Å². The van der Waals surface area contributed by atoms with Crippen LogP contribution in [0.15, 0.2) is 35.3 Å². The van der Waals surface area contributed by atoms with Crippen LogP contribution in [0.1, 0.15) is 26.0 Å². The highest BCUT2D eigenvalue weighted by Crippen LogP contribution is 2.14. The van der Waals surface area contributed by atoms with Crippen molar-refractivity contribution in [2.45, 2.75) is 26.8 Å². The molecule has 22 heavy (non-hydrogen) atoms. The van der Waals surface area contributed by atoms with E-state index in [9.17, 15) is 0 Å². The number of rotatable bonds is 8. The second-order valence-electron chi connectivity index (χ2n) is 5.05. The smallest absolute Gasteiger partial charge is 0.191 e. The minimum Gasteiger partial charge on any atom is -0.382 e. The summed E-state index contributed by atoms with van der Waals surface area (Å²) in [7, 11) is 0. The Morgan fingerprint density at radius 2 is 2.09 bits per heavy atom. The van der Waals surface area contributed by atoms with Crippen LogP contribution in [0.2, 0.25) is 0 Å². The predicted octanol–water partition coefficient (Wildman–Crippen LogP) is 2.65. The van der Waals surface area contributed by atoms with Crippen LogP contribution in [0.3, 0.4) is 0 Å². The maximum Gasteiger partial charge on any atom is 0.191 e. The molecule has 5 heteroatoms. The lowest BCUT2D eigenvalue weighted by Crippen LogP contribution is -2.38. The first-order chi connectivity index (χ1) is 10.8. The Morgan fingerprint density at radius 1 is 1.23 bits per heavy atom. The number of benzene rings is 1. The van der Waals surface area contributed by atoms with E-state index >= 15 is 0 Å². The zero-order chi connectivity index (χ0) is 15.6. The normalized spacial score (nSPS) is 11.8. The van der Waals surface area contributed by atoms with Gasteiger partial charge in [-0.2, -0.15) is 0 Å². The van der Waals surface area contributed by atoms with Crippen molar-refractivity contribution < 1.29 is 4.74 Å². The maximum atomic E-state index is 5.33. The van der Waals surface area contributed by atoms with Gasteiger partial charge in [0.05, 0.1) is 6.54 Å². The fourth-order valence-electron chi connectivity index (χ4n) is 2.25. The number of aromatic nitrogens is 1. The number of para-hydroxylation sites is 1. The van der Waals surface area contributed by atoms with Gasteiger partial charge in [-0.05, 0) is 37.8 Å². The van der Waals surface area contributed by atoms with Gasteiger partial charge >= 0.3 is 0 Å². The summed E-state index contributed by atoms with van der Waals surface area (Å²) in [6.07, 6.45) is 0.977. The lowest BCUT2D eigenvalue weighted by molar-refractivity contribution is 0.145. The molecule has 0 bridgehead atoms. The molecule has 1 aromatic carbocycles. The van der Waals surface area contributed by atoms with Crippen LogP contribution in [-0.4, -0.2) is 37.2 Å². The molecule has 0 unspecified atom stereocenters. The summed E-state index contributed by atoms with van der Waals surface area (Å²) in [4.78, 5) is 8.01. The largest absolute Gasteiger partial charge is 0.382 e. The van der Waals surface area contributed by atoms with Crippen molar-refractivity contribution in [1.82, 2.24) is 15.6 Å². The van der Waals surface area contributed by atoms with Crippen molar-refractivity contribution in [3.8, 4) is 0 Å². The molecule has 0 atom stereocenters. The number of nitrogens with zero attached hydrogens (tertiary/aromatic N) is 1. The summed E-state index contributed by atoms with van der Waals surface area (Å²) in [5, 5.41) is 7.81. The van der Waals surface area contributed by atoms with E-state index < -0.39 is 0 Å². The quantitative estimate of drug-likeness (QED) is 0.399. The van der Waals surface area contributed by atoms with Crippen molar-refractivity contribution in [2.24, 2.45) is 4.99 Å². The van der Waals surface area contributed by atoms with E-state index in [-0.39, 0.29) is 0 Å². The molecule has 1 heterocycles. The Hall–Kier alpha value is -2.01. The average Bonchev–Trinajstić information content (AvgIpc) is 2.95. The number of aliphatic imine (C=N–C) groups is 1. The van der Waals surface area contributed by atoms with Gasteiger partial charge in [0.1, 0.15) is 0 Å². The van der Waals surface area contributed by atoms with E-state index in [1.165, 1.54) is 5.39 Å². The van der Waals surface area contributed by atoms with E-state index in [0.29, 0.717) is 6.54 Å². The highest BCUT2D eigenvalue weighted by atomic mass is 16.5. The van der Waals surface area contributed by atoms with Crippen LogP contribution in [0.5, 0.6) is 0 Å². The van der Waals surface area contributed by atoms with E-state index in [4.69, 9.17) is 4.74 Å². The van der Waals surface area contributed by atoms with Gasteiger partial charge in [0.25, 0.3) is 0 Å². The molecule has 0 saturated heterocycles. The Bertz CT molecular complexity index is 558. The molecule has 0 amide bonds. The molecular formula is C17H26N4O. The van der Waals surface area contributed by atoms with Crippen molar-refractivity contribution in [3.05, 3.63) is 36.0 Å². The van der Waals surface area contributed by atoms with Gasteiger partial charge in [0, 0.05) is 37.5 Å². The lowest BCUT2D eigenvalue weighted by atomic mass is 10.2. The Morgan fingerprint density at radius 3 is 2.86 bits per heavy atom.